The van der Waals surface area contributed by atoms with Gasteiger partial charge < -0.3 is 9.73 Å². The van der Waals surface area contributed by atoms with Crippen LogP contribution in [0.1, 0.15) is 43.9 Å². The number of rotatable bonds is 5. The highest BCUT2D eigenvalue weighted by molar-refractivity contribution is 5.84. The molecule has 0 atom stereocenters. The van der Waals surface area contributed by atoms with Crippen LogP contribution in [0.2, 0.25) is 0 Å². The summed E-state index contributed by atoms with van der Waals surface area (Å²) in [5.41, 5.74) is 1.18. The normalized spacial score (nSPS) is 15.4. The molecule has 1 aliphatic carbocycles. The molecule has 3 rings (SSSR count). The van der Waals surface area contributed by atoms with Crippen LogP contribution >= 0.6 is 0 Å². The Morgan fingerprint density at radius 1 is 1.30 bits per heavy atom. The second kappa shape index (κ2) is 5.17. The van der Waals surface area contributed by atoms with E-state index in [0.29, 0.717) is 23.8 Å². The van der Waals surface area contributed by atoms with Gasteiger partial charge in [-0.25, -0.2) is 8.78 Å². The van der Waals surface area contributed by atoms with Crippen molar-refractivity contribution in [2.75, 3.05) is 6.54 Å². The summed E-state index contributed by atoms with van der Waals surface area (Å²) in [5.74, 6) is 0.537. The van der Waals surface area contributed by atoms with Gasteiger partial charge in [-0.2, -0.15) is 0 Å². The van der Waals surface area contributed by atoms with Crippen LogP contribution in [0.4, 0.5) is 8.78 Å². The van der Waals surface area contributed by atoms with Crippen molar-refractivity contribution in [2.24, 2.45) is 5.92 Å². The summed E-state index contributed by atoms with van der Waals surface area (Å²) in [6, 6.07) is 2.27. The minimum atomic E-state index is -0.614. The largest absolute Gasteiger partial charge is 0.456 e. The van der Waals surface area contributed by atoms with Crippen LogP contribution in [0, 0.1) is 17.6 Å². The maximum absolute atomic E-state index is 13.8. The van der Waals surface area contributed by atoms with E-state index in [0.717, 1.165) is 36.8 Å². The maximum atomic E-state index is 13.8. The Kier molecular flexibility index (Phi) is 3.50. The zero-order valence-electron chi connectivity index (χ0n) is 11.8. The van der Waals surface area contributed by atoms with Crippen LogP contribution in [0.15, 0.2) is 16.5 Å². The van der Waals surface area contributed by atoms with Crippen LogP contribution in [0.5, 0.6) is 0 Å². The first kappa shape index (κ1) is 13.6. The topological polar surface area (TPSA) is 25.2 Å². The Labute approximate surface area is 117 Å². The molecule has 2 nitrogen and oxygen atoms in total. The third-order valence-corrected chi connectivity index (χ3v) is 3.65. The molecule has 0 amide bonds. The lowest BCUT2D eigenvalue weighted by atomic mass is 10.1. The molecule has 0 saturated heterocycles. The number of furan rings is 1. The van der Waals surface area contributed by atoms with Crippen LogP contribution in [-0.4, -0.2) is 6.54 Å². The minimum Gasteiger partial charge on any atom is -0.456 e. The predicted octanol–water partition coefficient (Wildman–Crippen LogP) is 4.33. The van der Waals surface area contributed by atoms with Gasteiger partial charge in [0.25, 0.3) is 0 Å². The second-order valence-electron chi connectivity index (χ2n) is 6.00. The van der Waals surface area contributed by atoms with Crippen molar-refractivity contribution in [2.45, 2.75) is 39.2 Å². The lowest BCUT2D eigenvalue weighted by Crippen LogP contribution is -2.19. The summed E-state index contributed by atoms with van der Waals surface area (Å²) in [4.78, 5) is 0. The zero-order valence-corrected chi connectivity index (χ0v) is 11.8. The number of benzene rings is 1. The van der Waals surface area contributed by atoms with E-state index < -0.39 is 11.6 Å². The Morgan fingerprint density at radius 3 is 2.70 bits per heavy atom. The first-order chi connectivity index (χ1) is 9.56. The highest BCUT2D eigenvalue weighted by Crippen LogP contribution is 2.46. The van der Waals surface area contributed by atoms with E-state index in [4.69, 9.17) is 4.42 Å². The lowest BCUT2D eigenvalue weighted by Gasteiger charge is -2.06. The summed E-state index contributed by atoms with van der Waals surface area (Å²) in [6.07, 6.45) is 2.15. The van der Waals surface area contributed by atoms with Gasteiger partial charge in [0.15, 0.2) is 11.4 Å². The molecule has 2 aromatic rings. The molecule has 4 heteroatoms. The Hall–Kier alpha value is -1.42. The fraction of sp³-hybridized carbons (Fsp3) is 0.500. The van der Waals surface area contributed by atoms with E-state index >= 15 is 0 Å². The molecule has 108 valence electrons. The number of fused-ring (bicyclic) bond motifs is 1. The molecule has 0 unspecified atom stereocenters. The van der Waals surface area contributed by atoms with E-state index in [2.05, 4.69) is 19.2 Å². The molecule has 0 spiro atoms. The fourth-order valence-corrected chi connectivity index (χ4v) is 2.62. The average molecular weight is 279 g/mol. The molecule has 1 aliphatic rings. The maximum Gasteiger partial charge on any atom is 0.170 e. The minimum absolute atomic E-state index is 0.189. The average Bonchev–Trinajstić information content (AvgIpc) is 3.12. The van der Waals surface area contributed by atoms with Crippen molar-refractivity contribution in [3.8, 4) is 0 Å². The van der Waals surface area contributed by atoms with Gasteiger partial charge in [0.05, 0.1) is 6.54 Å². The van der Waals surface area contributed by atoms with Gasteiger partial charge in [0.1, 0.15) is 11.6 Å². The smallest absolute Gasteiger partial charge is 0.170 e. The van der Waals surface area contributed by atoms with Gasteiger partial charge in [0, 0.05) is 17.0 Å². The summed E-state index contributed by atoms with van der Waals surface area (Å²) >= 11 is 0. The predicted molar refractivity (Wildman–Crippen MR) is 74.6 cm³/mol. The van der Waals surface area contributed by atoms with Gasteiger partial charge in [-0.1, -0.05) is 13.8 Å². The Morgan fingerprint density at radius 2 is 2.05 bits per heavy atom. The standard InChI is InChI=1S/C16H19F2NO/c1-9(2)7-19-8-14-15(10-3-4-10)12-5-11(17)6-13(18)16(12)20-14/h5-6,9-10,19H,3-4,7-8H2,1-2H3. The molecule has 1 heterocycles. The molecule has 20 heavy (non-hydrogen) atoms. The fourth-order valence-electron chi connectivity index (χ4n) is 2.62. The molecular weight excluding hydrogens is 260 g/mol. The monoisotopic (exact) mass is 279 g/mol. The van der Waals surface area contributed by atoms with Crippen LogP contribution in [-0.2, 0) is 6.54 Å². The number of halogens is 2. The van der Waals surface area contributed by atoms with Crippen molar-refractivity contribution in [3.63, 3.8) is 0 Å². The molecule has 1 fully saturated rings. The Bertz CT molecular complexity index is 629. The first-order valence-electron chi connectivity index (χ1n) is 7.17. The van der Waals surface area contributed by atoms with Gasteiger partial charge in [-0.05, 0) is 37.3 Å². The molecule has 0 bridgehead atoms. The highest BCUT2D eigenvalue weighted by atomic mass is 19.1. The molecule has 1 N–H and O–H groups in total. The van der Waals surface area contributed by atoms with Gasteiger partial charge in [0.2, 0.25) is 0 Å². The van der Waals surface area contributed by atoms with E-state index in [1.807, 2.05) is 0 Å². The molecule has 1 aromatic heterocycles. The second-order valence-corrected chi connectivity index (χ2v) is 6.00. The third-order valence-electron chi connectivity index (χ3n) is 3.65. The molecule has 0 radical (unpaired) electrons. The van der Waals surface area contributed by atoms with Crippen LogP contribution < -0.4 is 5.32 Å². The summed E-state index contributed by atoms with van der Waals surface area (Å²) < 4.78 is 32.9. The van der Waals surface area contributed by atoms with Crippen molar-refractivity contribution in [1.82, 2.24) is 5.32 Å². The first-order valence-corrected chi connectivity index (χ1v) is 7.17. The van der Waals surface area contributed by atoms with Crippen LogP contribution in [0.25, 0.3) is 11.0 Å². The van der Waals surface area contributed by atoms with E-state index in [1.54, 1.807) is 0 Å². The zero-order chi connectivity index (χ0) is 14.3. The summed E-state index contributed by atoms with van der Waals surface area (Å²) in [7, 11) is 0. The quantitative estimate of drug-likeness (QED) is 0.881. The van der Waals surface area contributed by atoms with Gasteiger partial charge in [-0.15, -0.1) is 0 Å². The SMILES string of the molecule is CC(C)CNCc1oc2c(F)cc(F)cc2c1C1CC1. The number of nitrogens with one attached hydrogen (secondary N) is 1. The third kappa shape index (κ3) is 2.57. The molecule has 1 aromatic carbocycles. The molecular formula is C16H19F2NO. The van der Waals surface area contributed by atoms with Crippen molar-refractivity contribution >= 4 is 11.0 Å². The molecule has 1 saturated carbocycles. The number of hydrogen-bond acceptors (Lipinski definition) is 2. The van der Waals surface area contributed by atoms with Crippen LogP contribution in [0.3, 0.4) is 0 Å². The molecule has 0 aliphatic heterocycles. The highest BCUT2D eigenvalue weighted by Gasteiger charge is 2.31. The summed E-state index contributed by atoms with van der Waals surface area (Å²) in [6.45, 7) is 5.70. The van der Waals surface area contributed by atoms with E-state index in [-0.39, 0.29) is 5.58 Å². The van der Waals surface area contributed by atoms with E-state index in [9.17, 15) is 8.78 Å². The van der Waals surface area contributed by atoms with Crippen molar-refractivity contribution in [3.05, 3.63) is 35.1 Å². The number of hydrogen-bond donors (Lipinski definition) is 1. The van der Waals surface area contributed by atoms with Crippen molar-refractivity contribution < 1.29 is 13.2 Å². The Balaban J connectivity index is 1.98. The lowest BCUT2D eigenvalue weighted by molar-refractivity contribution is 0.469. The van der Waals surface area contributed by atoms with E-state index in [1.165, 1.54) is 6.07 Å². The van der Waals surface area contributed by atoms with Gasteiger partial charge in [-0.3, -0.25) is 0 Å². The van der Waals surface area contributed by atoms with Crippen molar-refractivity contribution in [1.29, 1.82) is 0 Å². The van der Waals surface area contributed by atoms with Gasteiger partial charge >= 0.3 is 0 Å². The summed E-state index contributed by atoms with van der Waals surface area (Å²) in [5, 5.41) is 3.91.